The van der Waals surface area contributed by atoms with Crippen molar-refractivity contribution in [3.63, 3.8) is 0 Å². The van der Waals surface area contributed by atoms with Crippen molar-refractivity contribution in [3.8, 4) is 0 Å². The molecule has 2 aromatic carbocycles. The molecule has 104 valence electrons. The van der Waals surface area contributed by atoms with Gasteiger partial charge in [0.15, 0.2) is 0 Å². The van der Waals surface area contributed by atoms with Crippen LogP contribution >= 0.6 is 0 Å². The van der Waals surface area contributed by atoms with Crippen molar-refractivity contribution in [2.45, 2.75) is 4.90 Å². The fraction of sp³-hybridized carbons (Fsp3) is 0. The molecule has 0 amide bonds. The Balaban J connectivity index is 2.32. The second-order valence-corrected chi connectivity index (χ2v) is 5.60. The minimum Gasteiger partial charge on any atom is -0.298 e. The first-order valence-corrected chi connectivity index (χ1v) is 6.94. The fourth-order valence-corrected chi connectivity index (χ4v) is 2.57. The monoisotopic (exact) mass is 297 g/mol. The summed E-state index contributed by atoms with van der Waals surface area (Å²) in [6.07, 6.45) is 0.573. The lowest BCUT2D eigenvalue weighted by Gasteiger charge is -2.09. The number of benzene rings is 2. The Morgan fingerprint density at radius 1 is 1.00 bits per heavy atom. The van der Waals surface area contributed by atoms with Crippen LogP contribution < -0.4 is 4.72 Å². The molecule has 7 heteroatoms. The maximum absolute atomic E-state index is 13.4. The second-order valence-electron chi connectivity index (χ2n) is 3.92. The molecule has 0 aliphatic heterocycles. The van der Waals surface area contributed by atoms with Crippen LogP contribution in [-0.4, -0.2) is 14.7 Å². The second kappa shape index (κ2) is 5.38. The molecule has 1 N–H and O–H groups in total. The van der Waals surface area contributed by atoms with Crippen LogP contribution in [0.15, 0.2) is 47.4 Å². The normalized spacial score (nSPS) is 11.1. The highest BCUT2D eigenvalue weighted by molar-refractivity contribution is 7.92. The summed E-state index contributed by atoms with van der Waals surface area (Å²) in [4.78, 5) is 10.4. The molecule has 0 saturated carbocycles. The third-order valence-electron chi connectivity index (χ3n) is 2.50. The van der Waals surface area contributed by atoms with Crippen molar-refractivity contribution < 1.29 is 22.0 Å². The van der Waals surface area contributed by atoms with Crippen molar-refractivity contribution >= 4 is 22.0 Å². The van der Waals surface area contributed by atoms with E-state index in [4.69, 9.17) is 0 Å². The Hall–Kier alpha value is -2.28. The van der Waals surface area contributed by atoms with E-state index >= 15 is 0 Å². The third-order valence-corrected chi connectivity index (χ3v) is 3.88. The summed E-state index contributed by atoms with van der Waals surface area (Å²) >= 11 is 0. The molecule has 0 spiro atoms. The number of anilines is 1. The van der Waals surface area contributed by atoms with Crippen LogP contribution in [-0.2, 0) is 10.0 Å². The van der Waals surface area contributed by atoms with Gasteiger partial charge in [-0.1, -0.05) is 12.1 Å². The molecule has 0 aliphatic rings. The molecular weight excluding hydrogens is 288 g/mol. The van der Waals surface area contributed by atoms with E-state index in [9.17, 15) is 22.0 Å². The molecule has 0 atom stereocenters. The molecule has 2 aromatic rings. The van der Waals surface area contributed by atoms with Gasteiger partial charge in [0.05, 0.1) is 10.6 Å². The maximum Gasteiger partial charge on any atom is 0.261 e. The molecule has 0 fully saturated rings. The molecule has 4 nitrogen and oxygen atoms in total. The van der Waals surface area contributed by atoms with Gasteiger partial charge in [-0.2, -0.15) is 0 Å². The van der Waals surface area contributed by atoms with Crippen LogP contribution in [0.4, 0.5) is 14.5 Å². The highest BCUT2D eigenvalue weighted by Gasteiger charge is 2.16. The Morgan fingerprint density at radius 3 is 2.20 bits per heavy atom. The smallest absolute Gasteiger partial charge is 0.261 e. The SMILES string of the molecule is O=Cc1ccc(S(=O)(=O)Nc2ccc(F)cc2F)cc1. The van der Waals surface area contributed by atoms with Gasteiger partial charge in [0.25, 0.3) is 10.0 Å². The predicted molar refractivity (Wildman–Crippen MR) is 69.0 cm³/mol. The van der Waals surface area contributed by atoms with E-state index in [1.165, 1.54) is 24.3 Å². The summed E-state index contributed by atoms with van der Waals surface area (Å²) in [5.74, 6) is -1.82. The number of sulfonamides is 1. The number of halogens is 2. The van der Waals surface area contributed by atoms with Crippen LogP contribution in [0.3, 0.4) is 0 Å². The van der Waals surface area contributed by atoms with Crippen molar-refractivity contribution in [2.75, 3.05) is 4.72 Å². The summed E-state index contributed by atoms with van der Waals surface area (Å²) in [5, 5.41) is 0. The lowest BCUT2D eigenvalue weighted by molar-refractivity contribution is 0.112. The molecule has 0 aliphatic carbocycles. The van der Waals surface area contributed by atoms with E-state index in [1.807, 2.05) is 4.72 Å². The maximum atomic E-state index is 13.4. The Labute approximate surface area is 114 Å². The van der Waals surface area contributed by atoms with Gasteiger partial charge in [-0.3, -0.25) is 9.52 Å². The summed E-state index contributed by atoms with van der Waals surface area (Å²) in [7, 11) is -4.00. The van der Waals surface area contributed by atoms with E-state index in [1.54, 1.807) is 0 Å². The number of rotatable bonds is 4. The van der Waals surface area contributed by atoms with Crippen LogP contribution in [0.1, 0.15) is 10.4 Å². The highest BCUT2D eigenvalue weighted by atomic mass is 32.2. The van der Waals surface area contributed by atoms with Crippen LogP contribution in [0.2, 0.25) is 0 Å². The van der Waals surface area contributed by atoms with Gasteiger partial charge in [-0.05, 0) is 24.3 Å². The number of carbonyl (C=O) groups excluding carboxylic acids is 1. The van der Waals surface area contributed by atoms with Crippen molar-refractivity contribution in [3.05, 3.63) is 59.7 Å². The zero-order chi connectivity index (χ0) is 14.8. The minimum absolute atomic E-state index is 0.133. The molecule has 2 rings (SSSR count). The molecule has 20 heavy (non-hydrogen) atoms. The zero-order valence-corrected chi connectivity index (χ0v) is 10.8. The molecule has 0 bridgehead atoms. The molecule has 0 aromatic heterocycles. The van der Waals surface area contributed by atoms with Gasteiger partial charge >= 0.3 is 0 Å². The van der Waals surface area contributed by atoms with E-state index < -0.39 is 21.7 Å². The number of nitrogens with one attached hydrogen (secondary N) is 1. The number of aldehydes is 1. The summed E-state index contributed by atoms with van der Waals surface area (Å²) in [6.45, 7) is 0. The summed E-state index contributed by atoms with van der Waals surface area (Å²) < 4.78 is 52.1. The molecule has 0 unspecified atom stereocenters. The van der Waals surface area contributed by atoms with Gasteiger partial charge < -0.3 is 0 Å². The quantitative estimate of drug-likeness (QED) is 0.882. The molecule has 0 saturated heterocycles. The summed E-state index contributed by atoms with van der Waals surface area (Å²) in [5.41, 5.74) is -0.0391. The number of hydrogen-bond donors (Lipinski definition) is 1. The van der Waals surface area contributed by atoms with E-state index in [-0.39, 0.29) is 10.6 Å². The topological polar surface area (TPSA) is 63.2 Å². The van der Waals surface area contributed by atoms with Gasteiger partial charge in [0.2, 0.25) is 0 Å². The lowest BCUT2D eigenvalue weighted by atomic mass is 10.2. The van der Waals surface area contributed by atoms with Crippen LogP contribution in [0.5, 0.6) is 0 Å². The van der Waals surface area contributed by atoms with E-state index in [2.05, 4.69) is 0 Å². The van der Waals surface area contributed by atoms with E-state index in [0.717, 1.165) is 12.1 Å². The summed E-state index contributed by atoms with van der Waals surface area (Å²) in [6, 6.07) is 7.58. The minimum atomic E-state index is -4.00. The van der Waals surface area contributed by atoms with Crippen LogP contribution in [0, 0.1) is 11.6 Å². The Morgan fingerprint density at radius 2 is 1.65 bits per heavy atom. The fourth-order valence-electron chi connectivity index (χ4n) is 1.50. The molecule has 0 heterocycles. The van der Waals surface area contributed by atoms with Crippen molar-refractivity contribution in [1.82, 2.24) is 0 Å². The number of hydrogen-bond acceptors (Lipinski definition) is 3. The highest BCUT2D eigenvalue weighted by Crippen LogP contribution is 2.20. The average Bonchev–Trinajstić information content (AvgIpc) is 2.42. The zero-order valence-electron chi connectivity index (χ0n) is 10.0. The molecular formula is C13H9F2NO3S. The average molecular weight is 297 g/mol. The first-order chi connectivity index (χ1) is 9.42. The largest absolute Gasteiger partial charge is 0.298 e. The Kier molecular flexibility index (Phi) is 3.80. The lowest BCUT2D eigenvalue weighted by Crippen LogP contribution is -2.14. The van der Waals surface area contributed by atoms with Gasteiger partial charge in [0.1, 0.15) is 17.9 Å². The molecule has 0 radical (unpaired) electrons. The van der Waals surface area contributed by atoms with Crippen molar-refractivity contribution in [1.29, 1.82) is 0 Å². The Bertz CT molecular complexity index is 743. The van der Waals surface area contributed by atoms with Crippen LogP contribution in [0.25, 0.3) is 0 Å². The van der Waals surface area contributed by atoms with E-state index in [0.29, 0.717) is 17.9 Å². The van der Waals surface area contributed by atoms with Gasteiger partial charge in [-0.25, -0.2) is 17.2 Å². The van der Waals surface area contributed by atoms with Crippen molar-refractivity contribution in [2.24, 2.45) is 0 Å². The first-order valence-electron chi connectivity index (χ1n) is 5.45. The number of carbonyl (C=O) groups is 1. The standard InChI is InChI=1S/C13H9F2NO3S/c14-10-3-6-13(12(15)7-10)16-20(18,19)11-4-1-9(8-17)2-5-11/h1-8,16H. The third kappa shape index (κ3) is 3.00. The van der Waals surface area contributed by atoms with Gasteiger partial charge in [-0.15, -0.1) is 0 Å². The van der Waals surface area contributed by atoms with Gasteiger partial charge in [0, 0.05) is 11.6 Å². The predicted octanol–water partition coefficient (Wildman–Crippen LogP) is 2.58. The first kappa shape index (κ1) is 14.1.